The molecule has 0 aliphatic carbocycles. The van der Waals surface area contributed by atoms with E-state index in [1.165, 1.54) is 0 Å². The first-order chi connectivity index (χ1) is 8.49. The lowest BCUT2D eigenvalue weighted by atomic mass is 10.2. The fourth-order valence-electron chi connectivity index (χ4n) is 1.63. The van der Waals surface area contributed by atoms with Crippen molar-refractivity contribution in [3.63, 3.8) is 0 Å². The van der Waals surface area contributed by atoms with Gasteiger partial charge in [-0.3, -0.25) is 9.69 Å². The van der Waals surface area contributed by atoms with Crippen LogP contribution in [-0.2, 0) is 4.79 Å². The molecule has 0 saturated carbocycles. The Kier molecular flexibility index (Phi) is 5.88. The van der Waals surface area contributed by atoms with Crippen molar-refractivity contribution in [2.75, 3.05) is 20.1 Å². The largest absolute Gasteiger partial charge is 0.467 e. The van der Waals surface area contributed by atoms with Crippen LogP contribution in [0.5, 0.6) is 0 Å². The lowest BCUT2D eigenvalue weighted by Crippen LogP contribution is -2.37. The summed E-state index contributed by atoms with van der Waals surface area (Å²) in [4.78, 5) is 13.6. The summed E-state index contributed by atoms with van der Waals surface area (Å²) in [6.07, 6.45) is 1.92. The van der Waals surface area contributed by atoms with Gasteiger partial charge in [0.05, 0.1) is 25.0 Å². The lowest BCUT2D eigenvalue weighted by molar-refractivity contribution is -0.122. The summed E-state index contributed by atoms with van der Waals surface area (Å²) in [6, 6.07) is 3.51. The number of furan rings is 1. The number of nitrogens with zero attached hydrogens (tertiary/aromatic N) is 1. The molecule has 0 bridgehead atoms. The highest BCUT2D eigenvalue weighted by molar-refractivity contribution is 5.78. The monoisotopic (exact) mass is 254 g/mol. The lowest BCUT2D eigenvalue weighted by Gasteiger charge is -2.18. The number of amides is 1. The van der Waals surface area contributed by atoms with Gasteiger partial charge >= 0.3 is 0 Å². The topological polar surface area (TPSA) is 65.7 Å². The highest BCUT2D eigenvalue weighted by Crippen LogP contribution is 2.11. The molecule has 18 heavy (non-hydrogen) atoms. The first kappa shape index (κ1) is 14.7. The minimum atomic E-state index is -0.336. The third kappa shape index (κ3) is 5.33. The van der Waals surface area contributed by atoms with E-state index in [2.05, 4.69) is 5.32 Å². The van der Waals surface area contributed by atoms with Gasteiger partial charge in [0.25, 0.3) is 0 Å². The highest BCUT2D eigenvalue weighted by atomic mass is 16.3. The van der Waals surface area contributed by atoms with Crippen molar-refractivity contribution in [1.29, 1.82) is 0 Å². The van der Waals surface area contributed by atoms with E-state index in [1.807, 2.05) is 24.9 Å². The quantitative estimate of drug-likeness (QED) is 0.766. The smallest absolute Gasteiger partial charge is 0.234 e. The zero-order valence-electron chi connectivity index (χ0n) is 11.2. The Balaban J connectivity index is 2.28. The van der Waals surface area contributed by atoms with E-state index in [1.54, 1.807) is 19.3 Å². The molecule has 0 fully saturated rings. The van der Waals surface area contributed by atoms with E-state index in [-0.39, 0.29) is 18.1 Å². The third-order valence-electron chi connectivity index (χ3n) is 2.69. The van der Waals surface area contributed by atoms with Crippen LogP contribution < -0.4 is 5.32 Å². The fourth-order valence-corrected chi connectivity index (χ4v) is 1.63. The van der Waals surface area contributed by atoms with E-state index in [0.29, 0.717) is 19.5 Å². The van der Waals surface area contributed by atoms with Crippen LogP contribution in [0, 0.1) is 0 Å². The molecule has 0 aliphatic rings. The van der Waals surface area contributed by atoms with Crippen molar-refractivity contribution in [2.45, 2.75) is 32.4 Å². The Bertz CT molecular complexity index is 349. The predicted octanol–water partition coefficient (Wildman–Crippen LogP) is 1.16. The van der Waals surface area contributed by atoms with Gasteiger partial charge < -0.3 is 14.8 Å². The van der Waals surface area contributed by atoms with Gasteiger partial charge in [0.2, 0.25) is 5.91 Å². The first-order valence-electron chi connectivity index (χ1n) is 6.18. The zero-order chi connectivity index (χ0) is 13.5. The van der Waals surface area contributed by atoms with Gasteiger partial charge in [0, 0.05) is 6.54 Å². The van der Waals surface area contributed by atoms with E-state index >= 15 is 0 Å². The Labute approximate surface area is 108 Å². The summed E-state index contributed by atoms with van der Waals surface area (Å²) >= 11 is 0. The molecule has 5 heteroatoms. The summed E-state index contributed by atoms with van der Waals surface area (Å²) in [5, 5.41) is 12.0. The van der Waals surface area contributed by atoms with E-state index < -0.39 is 0 Å². The first-order valence-corrected chi connectivity index (χ1v) is 6.18. The molecule has 0 aromatic carbocycles. The average molecular weight is 254 g/mol. The van der Waals surface area contributed by atoms with Gasteiger partial charge in [-0.25, -0.2) is 0 Å². The molecular weight excluding hydrogens is 232 g/mol. The molecule has 0 spiro atoms. The summed E-state index contributed by atoms with van der Waals surface area (Å²) in [6.45, 7) is 4.64. The molecule has 0 aliphatic heterocycles. The van der Waals surface area contributed by atoms with Crippen molar-refractivity contribution in [3.05, 3.63) is 24.2 Å². The van der Waals surface area contributed by atoms with Gasteiger partial charge in [0.15, 0.2) is 0 Å². The fraction of sp³-hybridized carbons (Fsp3) is 0.615. The summed E-state index contributed by atoms with van der Waals surface area (Å²) < 4.78 is 5.22. The number of hydrogen-bond acceptors (Lipinski definition) is 4. The molecule has 2 atom stereocenters. The Morgan fingerprint density at radius 1 is 1.56 bits per heavy atom. The number of rotatable bonds is 7. The van der Waals surface area contributed by atoms with Gasteiger partial charge in [-0.2, -0.15) is 0 Å². The standard InChI is InChI=1S/C13H22N2O3/c1-10(16)6-7-15(3)9-13(17)14-11(2)12-5-4-8-18-12/h4-5,8,10-11,16H,6-7,9H2,1-3H3,(H,14,17). The van der Waals surface area contributed by atoms with Crippen LogP contribution >= 0.6 is 0 Å². The van der Waals surface area contributed by atoms with Crippen molar-refractivity contribution in [3.8, 4) is 0 Å². The molecule has 1 heterocycles. The molecule has 102 valence electrons. The number of aliphatic hydroxyl groups is 1. The Hall–Kier alpha value is -1.33. The molecule has 2 N–H and O–H groups in total. The number of hydrogen-bond donors (Lipinski definition) is 2. The van der Waals surface area contributed by atoms with Crippen molar-refractivity contribution in [2.24, 2.45) is 0 Å². The van der Waals surface area contributed by atoms with Crippen LogP contribution in [0.1, 0.15) is 32.1 Å². The van der Waals surface area contributed by atoms with Gasteiger partial charge in [-0.15, -0.1) is 0 Å². The van der Waals surface area contributed by atoms with E-state index in [4.69, 9.17) is 9.52 Å². The van der Waals surface area contributed by atoms with Crippen LogP contribution in [0.15, 0.2) is 22.8 Å². The number of nitrogens with one attached hydrogen (secondary N) is 1. The Morgan fingerprint density at radius 3 is 2.83 bits per heavy atom. The number of aliphatic hydroxyl groups excluding tert-OH is 1. The molecule has 1 amide bonds. The maximum Gasteiger partial charge on any atom is 0.234 e. The normalized spacial score (nSPS) is 14.5. The molecule has 5 nitrogen and oxygen atoms in total. The average Bonchev–Trinajstić information content (AvgIpc) is 2.79. The second-order valence-corrected chi connectivity index (χ2v) is 4.68. The van der Waals surface area contributed by atoms with Crippen LogP contribution in [-0.4, -0.2) is 42.2 Å². The third-order valence-corrected chi connectivity index (χ3v) is 2.69. The predicted molar refractivity (Wildman–Crippen MR) is 69.1 cm³/mol. The second-order valence-electron chi connectivity index (χ2n) is 4.68. The summed E-state index contributed by atoms with van der Waals surface area (Å²) in [5.74, 6) is 0.696. The molecule has 1 aromatic rings. The van der Waals surface area contributed by atoms with Crippen LogP contribution in [0.2, 0.25) is 0 Å². The number of likely N-dealkylation sites (N-methyl/N-ethyl adjacent to an activating group) is 1. The molecular formula is C13H22N2O3. The van der Waals surface area contributed by atoms with Crippen molar-refractivity contribution < 1.29 is 14.3 Å². The minimum Gasteiger partial charge on any atom is -0.467 e. The van der Waals surface area contributed by atoms with Crippen molar-refractivity contribution >= 4 is 5.91 Å². The second kappa shape index (κ2) is 7.18. The molecule has 1 rings (SSSR count). The summed E-state index contributed by atoms with van der Waals surface area (Å²) in [5.41, 5.74) is 0. The van der Waals surface area contributed by atoms with Gasteiger partial charge in [-0.05, 0) is 39.4 Å². The maximum atomic E-state index is 11.7. The highest BCUT2D eigenvalue weighted by Gasteiger charge is 2.13. The van der Waals surface area contributed by atoms with Crippen LogP contribution in [0.4, 0.5) is 0 Å². The SMILES string of the molecule is CC(O)CCN(C)CC(=O)NC(C)c1ccco1. The number of carbonyl (C=O) groups excluding carboxylic acids is 1. The molecule has 2 unspecified atom stereocenters. The van der Waals surface area contributed by atoms with Crippen molar-refractivity contribution in [1.82, 2.24) is 10.2 Å². The molecule has 0 radical (unpaired) electrons. The Morgan fingerprint density at radius 2 is 2.28 bits per heavy atom. The van der Waals surface area contributed by atoms with Gasteiger partial charge in [-0.1, -0.05) is 0 Å². The molecule has 0 saturated heterocycles. The van der Waals surface area contributed by atoms with Crippen LogP contribution in [0.3, 0.4) is 0 Å². The van der Waals surface area contributed by atoms with Gasteiger partial charge in [0.1, 0.15) is 5.76 Å². The van der Waals surface area contributed by atoms with E-state index in [9.17, 15) is 4.79 Å². The number of carbonyl (C=O) groups is 1. The van der Waals surface area contributed by atoms with E-state index in [0.717, 1.165) is 5.76 Å². The van der Waals surface area contributed by atoms with Crippen LogP contribution in [0.25, 0.3) is 0 Å². The summed E-state index contributed by atoms with van der Waals surface area (Å²) in [7, 11) is 1.86. The minimum absolute atomic E-state index is 0.0491. The molecule has 1 aromatic heterocycles. The maximum absolute atomic E-state index is 11.7. The zero-order valence-corrected chi connectivity index (χ0v) is 11.2.